The third kappa shape index (κ3) is 3.49. The van der Waals surface area contributed by atoms with Crippen LogP contribution in [0.5, 0.6) is 0 Å². The minimum atomic E-state index is -0.181. The van der Waals surface area contributed by atoms with Gasteiger partial charge in [0.15, 0.2) is 0 Å². The highest BCUT2D eigenvalue weighted by Crippen LogP contribution is 2.36. The molecule has 0 spiro atoms. The Morgan fingerprint density at radius 1 is 1.25 bits per heavy atom. The Morgan fingerprint density at radius 2 is 2.00 bits per heavy atom. The van der Waals surface area contributed by atoms with E-state index in [0.29, 0.717) is 28.0 Å². The van der Waals surface area contributed by atoms with Gasteiger partial charge in [0, 0.05) is 18.2 Å². The Kier molecular flexibility index (Phi) is 4.95. The van der Waals surface area contributed by atoms with E-state index in [1.165, 1.54) is 6.42 Å². The molecule has 0 saturated carbocycles. The summed E-state index contributed by atoms with van der Waals surface area (Å²) in [4.78, 5) is 14.7. The van der Waals surface area contributed by atoms with Crippen molar-refractivity contribution in [2.75, 3.05) is 22.5 Å². The molecule has 3 N–H and O–H groups in total. The number of piperidine rings is 1. The number of hydrogen-bond donors (Lipinski definition) is 2. The van der Waals surface area contributed by atoms with Crippen molar-refractivity contribution in [1.29, 1.82) is 0 Å². The zero-order valence-electron chi connectivity index (χ0n) is 13.8. The monoisotopic (exact) mass is 343 g/mol. The molecule has 24 heavy (non-hydrogen) atoms. The summed E-state index contributed by atoms with van der Waals surface area (Å²) in [5.41, 5.74) is 8.96. The van der Waals surface area contributed by atoms with E-state index in [0.717, 1.165) is 25.1 Å². The van der Waals surface area contributed by atoms with Crippen LogP contribution in [0, 0.1) is 0 Å². The summed E-state index contributed by atoms with van der Waals surface area (Å²) >= 11 is 6.30. The van der Waals surface area contributed by atoms with E-state index in [2.05, 4.69) is 17.1 Å². The maximum absolute atomic E-state index is 12.4. The first kappa shape index (κ1) is 16.7. The maximum atomic E-state index is 12.4. The van der Waals surface area contributed by atoms with Crippen LogP contribution in [0.25, 0.3) is 0 Å². The minimum absolute atomic E-state index is 0.181. The summed E-state index contributed by atoms with van der Waals surface area (Å²) in [5.74, 6) is -0.181. The van der Waals surface area contributed by atoms with Crippen LogP contribution >= 0.6 is 11.6 Å². The van der Waals surface area contributed by atoms with Gasteiger partial charge in [-0.2, -0.15) is 0 Å². The maximum Gasteiger partial charge on any atom is 0.255 e. The van der Waals surface area contributed by atoms with E-state index in [-0.39, 0.29) is 5.91 Å². The van der Waals surface area contributed by atoms with Crippen LogP contribution in [-0.2, 0) is 0 Å². The van der Waals surface area contributed by atoms with Crippen molar-refractivity contribution < 1.29 is 4.79 Å². The Balaban J connectivity index is 1.88. The second kappa shape index (κ2) is 7.14. The summed E-state index contributed by atoms with van der Waals surface area (Å²) in [7, 11) is 0. The largest absolute Gasteiger partial charge is 0.397 e. The van der Waals surface area contributed by atoms with Gasteiger partial charge in [-0.15, -0.1) is 0 Å². The lowest BCUT2D eigenvalue weighted by atomic mass is 10.0. The third-order valence-corrected chi connectivity index (χ3v) is 4.83. The number of nitrogens with two attached hydrogens (primary N) is 1. The molecule has 126 valence electrons. The Labute approximate surface area is 147 Å². The first-order chi connectivity index (χ1) is 11.6. The predicted octanol–water partition coefficient (Wildman–Crippen LogP) is 4.55. The molecule has 1 fully saturated rings. The summed E-state index contributed by atoms with van der Waals surface area (Å²) in [6.07, 6.45) is 3.54. The quantitative estimate of drug-likeness (QED) is 0.803. The number of benzene rings is 2. The number of carbonyl (C=O) groups excluding carboxylic acids is 1. The smallest absolute Gasteiger partial charge is 0.255 e. The van der Waals surface area contributed by atoms with Gasteiger partial charge in [-0.05, 0) is 50.5 Å². The highest BCUT2D eigenvalue weighted by atomic mass is 35.5. The fraction of sp³-hybridized carbons (Fsp3) is 0.316. The average molecular weight is 344 g/mol. The third-order valence-electron chi connectivity index (χ3n) is 4.51. The molecular weight excluding hydrogens is 322 g/mol. The molecule has 2 aromatic carbocycles. The number of carbonyl (C=O) groups is 1. The number of nitrogen functional groups attached to an aromatic ring is 1. The highest BCUT2D eigenvalue weighted by molar-refractivity contribution is 6.34. The van der Waals surface area contributed by atoms with Crippen LogP contribution < -0.4 is 16.0 Å². The zero-order chi connectivity index (χ0) is 17.1. The van der Waals surface area contributed by atoms with Crippen LogP contribution in [0.4, 0.5) is 17.1 Å². The average Bonchev–Trinajstić information content (AvgIpc) is 2.59. The molecule has 0 aliphatic carbocycles. The topological polar surface area (TPSA) is 58.4 Å². The van der Waals surface area contributed by atoms with Crippen LogP contribution in [0.15, 0.2) is 42.5 Å². The van der Waals surface area contributed by atoms with Crippen LogP contribution in [-0.4, -0.2) is 18.5 Å². The van der Waals surface area contributed by atoms with Gasteiger partial charge < -0.3 is 16.0 Å². The molecule has 0 bridgehead atoms. The van der Waals surface area contributed by atoms with E-state index in [9.17, 15) is 4.79 Å². The molecule has 0 aromatic heterocycles. The Hall–Kier alpha value is -2.20. The van der Waals surface area contributed by atoms with E-state index < -0.39 is 0 Å². The van der Waals surface area contributed by atoms with Gasteiger partial charge in [-0.1, -0.05) is 29.8 Å². The van der Waals surface area contributed by atoms with Gasteiger partial charge in [0.1, 0.15) is 0 Å². The molecule has 1 aliphatic rings. The molecule has 1 saturated heterocycles. The number of anilines is 3. The van der Waals surface area contributed by atoms with Crippen molar-refractivity contribution in [3.8, 4) is 0 Å². The molecule has 1 aliphatic heterocycles. The van der Waals surface area contributed by atoms with E-state index in [4.69, 9.17) is 17.3 Å². The van der Waals surface area contributed by atoms with Gasteiger partial charge in [-0.25, -0.2) is 0 Å². The van der Waals surface area contributed by atoms with Crippen molar-refractivity contribution in [2.24, 2.45) is 0 Å². The molecule has 0 radical (unpaired) electrons. The molecule has 1 amide bonds. The van der Waals surface area contributed by atoms with Crippen molar-refractivity contribution in [2.45, 2.75) is 32.2 Å². The van der Waals surface area contributed by atoms with Crippen molar-refractivity contribution >= 4 is 34.6 Å². The highest BCUT2D eigenvalue weighted by Gasteiger charge is 2.22. The number of nitrogens with zero attached hydrogens (tertiary/aromatic N) is 1. The van der Waals surface area contributed by atoms with Gasteiger partial charge in [0.2, 0.25) is 0 Å². The number of halogens is 1. The number of rotatable bonds is 3. The van der Waals surface area contributed by atoms with E-state index in [1.807, 2.05) is 24.3 Å². The Morgan fingerprint density at radius 3 is 2.71 bits per heavy atom. The molecular formula is C19H22ClN3O. The van der Waals surface area contributed by atoms with Crippen molar-refractivity contribution in [1.82, 2.24) is 0 Å². The molecule has 1 atom stereocenters. The number of nitrogens with one attached hydrogen (secondary N) is 1. The van der Waals surface area contributed by atoms with Crippen molar-refractivity contribution in [3.63, 3.8) is 0 Å². The number of hydrogen-bond acceptors (Lipinski definition) is 3. The molecule has 1 unspecified atom stereocenters. The lowest BCUT2D eigenvalue weighted by Gasteiger charge is -2.36. The van der Waals surface area contributed by atoms with Crippen LogP contribution in [0.2, 0.25) is 5.02 Å². The zero-order valence-corrected chi connectivity index (χ0v) is 14.5. The Bertz CT molecular complexity index is 733. The van der Waals surface area contributed by atoms with E-state index >= 15 is 0 Å². The molecule has 5 heteroatoms. The van der Waals surface area contributed by atoms with Gasteiger partial charge in [-0.3, -0.25) is 4.79 Å². The first-order valence-electron chi connectivity index (χ1n) is 8.28. The fourth-order valence-corrected chi connectivity index (χ4v) is 3.38. The van der Waals surface area contributed by atoms with Crippen LogP contribution in [0.1, 0.15) is 36.5 Å². The normalized spacial score (nSPS) is 17.6. The van der Waals surface area contributed by atoms with Crippen molar-refractivity contribution in [3.05, 3.63) is 53.1 Å². The minimum Gasteiger partial charge on any atom is -0.397 e. The van der Waals surface area contributed by atoms with Gasteiger partial charge >= 0.3 is 0 Å². The summed E-state index contributed by atoms with van der Waals surface area (Å²) in [6.45, 7) is 3.18. The summed E-state index contributed by atoms with van der Waals surface area (Å²) in [6, 6.07) is 13.1. The first-order valence-corrected chi connectivity index (χ1v) is 8.66. The molecule has 3 rings (SSSR count). The number of amides is 1. The summed E-state index contributed by atoms with van der Waals surface area (Å²) < 4.78 is 0. The van der Waals surface area contributed by atoms with Gasteiger partial charge in [0.05, 0.1) is 22.1 Å². The second-order valence-corrected chi connectivity index (χ2v) is 6.66. The lowest BCUT2D eigenvalue weighted by Crippen LogP contribution is -2.37. The standard InChI is InChI=1S/C19H22ClN3O/c1-13-7-5-6-10-23(13)18-12-17(15(20)11-16(18)21)22-19(24)14-8-3-2-4-9-14/h2-4,8-9,11-13H,5-7,10,21H2,1H3,(H,22,24). The predicted molar refractivity (Wildman–Crippen MR) is 101 cm³/mol. The summed E-state index contributed by atoms with van der Waals surface area (Å²) in [5, 5.41) is 3.34. The fourth-order valence-electron chi connectivity index (χ4n) is 3.16. The van der Waals surface area contributed by atoms with E-state index in [1.54, 1.807) is 18.2 Å². The molecule has 4 nitrogen and oxygen atoms in total. The molecule has 1 heterocycles. The van der Waals surface area contributed by atoms with Crippen LogP contribution in [0.3, 0.4) is 0 Å². The lowest BCUT2D eigenvalue weighted by molar-refractivity contribution is 0.102. The van der Waals surface area contributed by atoms with Gasteiger partial charge in [0.25, 0.3) is 5.91 Å². The molecule has 2 aromatic rings. The second-order valence-electron chi connectivity index (χ2n) is 6.25. The SMILES string of the molecule is CC1CCCCN1c1cc(NC(=O)c2ccccc2)c(Cl)cc1N.